The van der Waals surface area contributed by atoms with Gasteiger partial charge in [0.15, 0.2) is 6.10 Å². The van der Waals surface area contributed by atoms with Gasteiger partial charge in [0.1, 0.15) is 5.75 Å². The quantitative estimate of drug-likeness (QED) is 0.445. The summed E-state index contributed by atoms with van der Waals surface area (Å²) < 4.78 is 5.39. The van der Waals surface area contributed by atoms with E-state index in [0.717, 1.165) is 0 Å². The average molecular weight is 334 g/mol. The summed E-state index contributed by atoms with van der Waals surface area (Å²) in [4.78, 5) is 23.4. The van der Waals surface area contributed by atoms with Crippen molar-refractivity contribution in [1.29, 1.82) is 0 Å². The highest BCUT2D eigenvalue weighted by atomic mass is 35.5. The molecule has 0 saturated carbocycles. The summed E-state index contributed by atoms with van der Waals surface area (Å²) in [5, 5.41) is 3.35. The van der Waals surface area contributed by atoms with Crippen molar-refractivity contribution in [3.8, 4) is 5.75 Å². The Balaban J connectivity index is 1.99. The van der Waals surface area contributed by atoms with Crippen LogP contribution in [0.25, 0.3) is 0 Å². The van der Waals surface area contributed by atoms with Crippen molar-refractivity contribution >= 4 is 29.1 Å². The van der Waals surface area contributed by atoms with E-state index in [-0.39, 0.29) is 5.91 Å². The maximum atomic E-state index is 12.1. The molecule has 2 aromatic carbocycles. The number of benzene rings is 2. The summed E-state index contributed by atoms with van der Waals surface area (Å²) in [5.74, 6) is 4.80. The van der Waals surface area contributed by atoms with Gasteiger partial charge in [-0.3, -0.25) is 15.0 Å². The molecule has 0 heterocycles. The second-order valence-electron chi connectivity index (χ2n) is 4.75. The first-order valence-electron chi connectivity index (χ1n) is 6.83. The van der Waals surface area contributed by atoms with Crippen molar-refractivity contribution < 1.29 is 14.3 Å². The Hall–Kier alpha value is -2.57. The highest BCUT2D eigenvalue weighted by molar-refractivity contribution is 6.30. The number of rotatable bonds is 5. The lowest BCUT2D eigenvalue weighted by molar-refractivity contribution is -0.127. The van der Waals surface area contributed by atoms with Crippen LogP contribution in [0, 0.1) is 0 Å². The fourth-order valence-electron chi connectivity index (χ4n) is 1.80. The van der Waals surface area contributed by atoms with E-state index in [9.17, 15) is 9.59 Å². The first-order chi connectivity index (χ1) is 11.0. The van der Waals surface area contributed by atoms with Gasteiger partial charge in [0.25, 0.3) is 11.8 Å². The van der Waals surface area contributed by atoms with Crippen LogP contribution in [0.2, 0.25) is 5.02 Å². The Bertz CT molecular complexity index is 687. The minimum Gasteiger partial charge on any atom is -0.481 e. The summed E-state index contributed by atoms with van der Waals surface area (Å²) in [7, 11) is 0. The Labute approximate surface area is 138 Å². The number of nitrogens with two attached hydrogens (primary N) is 1. The van der Waals surface area contributed by atoms with Crippen LogP contribution in [0.1, 0.15) is 17.3 Å². The van der Waals surface area contributed by atoms with Gasteiger partial charge in [0.05, 0.1) is 0 Å². The van der Waals surface area contributed by atoms with Gasteiger partial charge in [-0.05, 0) is 55.5 Å². The summed E-state index contributed by atoms with van der Waals surface area (Å²) in [6.45, 7) is 1.57. The molecule has 0 aliphatic heterocycles. The van der Waals surface area contributed by atoms with Gasteiger partial charge in [0.2, 0.25) is 0 Å². The molecule has 0 aliphatic carbocycles. The first-order valence-corrected chi connectivity index (χ1v) is 7.21. The zero-order chi connectivity index (χ0) is 16.8. The molecule has 4 N–H and O–H groups in total. The van der Waals surface area contributed by atoms with Crippen LogP contribution in [0.4, 0.5) is 5.69 Å². The van der Waals surface area contributed by atoms with Gasteiger partial charge >= 0.3 is 0 Å². The van der Waals surface area contributed by atoms with Gasteiger partial charge in [-0.15, -0.1) is 0 Å². The van der Waals surface area contributed by atoms with Crippen LogP contribution < -0.4 is 21.3 Å². The van der Waals surface area contributed by atoms with Crippen LogP contribution in [0.15, 0.2) is 48.5 Å². The third-order valence-corrected chi connectivity index (χ3v) is 3.29. The van der Waals surface area contributed by atoms with E-state index in [4.69, 9.17) is 22.2 Å². The smallest absolute Gasteiger partial charge is 0.274 e. The number of carbonyl (C=O) groups excluding carboxylic acids is 2. The lowest BCUT2D eigenvalue weighted by Gasteiger charge is -2.13. The summed E-state index contributed by atoms with van der Waals surface area (Å²) >= 11 is 5.79. The number of ether oxygens (including phenoxy) is 1. The normalized spacial score (nSPS) is 11.4. The monoisotopic (exact) mass is 333 g/mol. The molecule has 2 rings (SSSR count). The molecule has 0 aromatic heterocycles. The molecule has 0 saturated heterocycles. The second kappa shape index (κ2) is 7.62. The first kappa shape index (κ1) is 16.8. The molecule has 120 valence electrons. The average Bonchev–Trinajstić information content (AvgIpc) is 2.56. The second-order valence-corrected chi connectivity index (χ2v) is 5.19. The van der Waals surface area contributed by atoms with E-state index in [1.54, 1.807) is 55.5 Å². The number of anilines is 1. The molecular formula is C16H16ClN3O3. The molecule has 2 aromatic rings. The van der Waals surface area contributed by atoms with Crippen molar-refractivity contribution in [2.45, 2.75) is 13.0 Å². The Morgan fingerprint density at radius 2 is 1.70 bits per heavy atom. The molecular weight excluding hydrogens is 318 g/mol. The number of carbonyl (C=O) groups is 2. The fraction of sp³-hybridized carbons (Fsp3) is 0.125. The van der Waals surface area contributed by atoms with Crippen molar-refractivity contribution in [3.05, 3.63) is 59.1 Å². The molecule has 0 radical (unpaired) electrons. The fourth-order valence-corrected chi connectivity index (χ4v) is 1.92. The summed E-state index contributed by atoms with van der Waals surface area (Å²) in [6.07, 6.45) is -0.728. The van der Waals surface area contributed by atoms with Gasteiger partial charge in [-0.2, -0.15) is 0 Å². The predicted octanol–water partition coefficient (Wildman–Crippen LogP) is 2.35. The maximum Gasteiger partial charge on any atom is 0.274 e. The minimum absolute atomic E-state index is 0.258. The highest BCUT2D eigenvalue weighted by Crippen LogP contribution is 2.17. The van der Waals surface area contributed by atoms with Gasteiger partial charge < -0.3 is 10.1 Å². The topological polar surface area (TPSA) is 93.4 Å². The predicted molar refractivity (Wildman–Crippen MR) is 88.3 cm³/mol. The zero-order valence-corrected chi connectivity index (χ0v) is 13.1. The number of nitrogens with one attached hydrogen (secondary N) is 2. The van der Waals surface area contributed by atoms with Crippen molar-refractivity contribution in [2.75, 3.05) is 5.32 Å². The Morgan fingerprint density at radius 3 is 2.26 bits per heavy atom. The van der Waals surface area contributed by atoms with Crippen LogP contribution in [0.5, 0.6) is 5.75 Å². The van der Waals surface area contributed by atoms with Crippen molar-refractivity contribution in [3.63, 3.8) is 0 Å². The van der Waals surface area contributed by atoms with E-state index in [1.807, 2.05) is 5.43 Å². The van der Waals surface area contributed by atoms with Crippen LogP contribution in [0.3, 0.4) is 0 Å². The van der Waals surface area contributed by atoms with Crippen molar-refractivity contribution in [1.82, 2.24) is 5.43 Å². The van der Waals surface area contributed by atoms with Gasteiger partial charge in [0, 0.05) is 16.3 Å². The molecule has 6 nitrogen and oxygen atoms in total. The highest BCUT2D eigenvalue weighted by Gasteiger charge is 2.13. The molecule has 0 aliphatic rings. The largest absolute Gasteiger partial charge is 0.481 e. The molecule has 7 heteroatoms. The SMILES string of the molecule is C[C@@H](Oc1ccc(C(=O)Nc2ccc(Cl)cc2)cc1)C(=O)NN. The molecule has 0 unspecified atom stereocenters. The van der Waals surface area contributed by atoms with Crippen LogP contribution >= 0.6 is 11.6 Å². The molecule has 0 fully saturated rings. The molecule has 0 spiro atoms. The number of amides is 2. The number of halogens is 1. The van der Waals surface area contributed by atoms with Gasteiger partial charge in [-0.1, -0.05) is 11.6 Å². The standard InChI is InChI=1S/C16H16ClN3O3/c1-10(15(21)20-18)23-14-8-2-11(3-9-14)16(22)19-13-6-4-12(17)5-7-13/h2-10H,18H2,1H3,(H,19,22)(H,20,21)/t10-/m1/s1. The third-order valence-electron chi connectivity index (χ3n) is 3.04. The van der Waals surface area contributed by atoms with Crippen molar-refractivity contribution in [2.24, 2.45) is 5.84 Å². The van der Waals surface area contributed by atoms with E-state index in [1.165, 1.54) is 0 Å². The maximum absolute atomic E-state index is 12.1. The number of hydrazine groups is 1. The van der Waals surface area contributed by atoms with Crippen LogP contribution in [-0.2, 0) is 4.79 Å². The summed E-state index contributed by atoms with van der Waals surface area (Å²) in [6, 6.07) is 13.2. The minimum atomic E-state index is -0.728. The van der Waals surface area contributed by atoms with E-state index >= 15 is 0 Å². The zero-order valence-electron chi connectivity index (χ0n) is 12.4. The number of hydrogen-bond acceptors (Lipinski definition) is 4. The Kier molecular flexibility index (Phi) is 5.56. The molecule has 0 bridgehead atoms. The van der Waals surface area contributed by atoms with Gasteiger partial charge in [-0.25, -0.2) is 5.84 Å². The Morgan fingerprint density at radius 1 is 1.09 bits per heavy atom. The van der Waals surface area contributed by atoms with E-state index < -0.39 is 12.0 Å². The van der Waals surface area contributed by atoms with E-state index in [0.29, 0.717) is 22.0 Å². The third kappa shape index (κ3) is 4.70. The van der Waals surface area contributed by atoms with E-state index in [2.05, 4.69) is 5.32 Å². The molecule has 23 heavy (non-hydrogen) atoms. The molecule has 1 atom stereocenters. The lowest BCUT2D eigenvalue weighted by Crippen LogP contribution is -2.40. The molecule has 2 amide bonds. The lowest BCUT2D eigenvalue weighted by atomic mass is 10.2. The summed E-state index contributed by atoms with van der Waals surface area (Å²) in [5.41, 5.74) is 3.12. The number of hydrogen-bond donors (Lipinski definition) is 3. The van der Waals surface area contributed by atoms with Crippen LogP contribution in [-0.4, -0.2) is 17.9 Å².